The third-order valence-electron chi connectivity index (χ3n) is 5.63. The van der Waals surface area contributed by atoms with Crippen LogP contribution in [-0.2, 0) is 6.54 Å². The molecule has 2 heteroatoms. The molecule has 2 nitrogen and oxygen atoms in total. The molecule has 4 rings (SSSR count). The lowest BCUT2D eigenvalue weighted by molar-refractivity contribution is 0.245. The Kier molecular flexibility index (Phi) is 3.71. The van der Waals surface area contributed by atoms with Gasteiger partial charge in [-0.05, 0) is 36.0 Å². The van der Waals surface area contributed by atoms with E-state index in [0.717, 1.165) is 6.54 Å². The number of aromatic nitrogens is 1. The van der Waals surface area contributed by atoms with Crippen molar-refractivity contribution < 1.29 is 0 Å². The standard InChI is InChI=1S/C20H24N2/c1-2-8-17(9-3-1)19-15-22(14-18-10-4-7-13-21-18)16-20(19)11-5-6-12-20/h1-4,7-10,13,19H,5-6,11-12,14-16H2/t19-/m0/s1. The molecule has 2 fully saturated rings. The average Bonchev–Trinajstić information content (AvgIpc) is 3.17. The van der Waals surface area contributed by atoms with E-state index in [9.17, 15) is 0 Å². The van der Waals surface area contributed by atoms with Crippen LogP contribution in [0.2, 0.25) is 0 Å². The number of pyridine rings is 1. The van der Waals surface area contributed by atoms with E-state index in [-0.39, 0.29) is 0 Å². The molecule has 0 radical (unpaired) electrons. The maximum Gasteiger partial charge on any atom is 0.0543 e. The van der Waals surface area contributed by atoms with Crippen molar-refractivity contribution in [2.75, 3.05) is 13.1 Å². The zero-order valence-electron chi connectivity index (χ0n) is 13.1. The molecule has 1 spiro atoms. The first kappa shape index (κ1) is 14.0. The second-order valence-electron chi connectivity index (χ2n) is 7.02. The SMILES string of the molecule is c1ccc([C@@H]2CN(Cc3ccccn3)CC23CCCC3)cc1. The summed E-state index contributed by atoms with van der Waals surface area (Å²) < 4.78 is 0. The van der Waals surface area contributed by atoms with Crippen LogP contribution in [0.1, 0.15) is 42.9 Å². The molecule has 1 aliphatic carbocycles. The van der Waals surface area contributed by atoms with Gasteiger partial charge in [0.1, 0.15) is 0 Å². The molecule has 2 aromatic rings. The van der Waals surface area contributed by atoms with Gasteiger partial charge < -0.3 is 0 Å². The van der Waals surface area contributed by atoms with Crippen LogP contribution in [0.15, 0.2) is 54.7 Å². The summed E-state index contributed by atoms with van der Waals surface area (Å²) in [7, 11) is 0. The van der Waals surface area contributed by atoms with E-state index in [1.54, 1.807) is 0 Å². The van der Waals surface area contributed by atoms with Crippen LogP contribution in [-0.4, -0.2) is 23.0 Å². The fraction of sp³-hybridized carbons (Fsp3) is 0.450. The van der Waals surface area contributed by atoms with Gasteiger partial charge in [0.25, 0.3) is 0 Å². The molecule has 1 aromatic heterocycles. The molecule has 0 amide bonds. The van der Waals surface area contributed by atoms with E-state index in [2.05, 4.69) is 52.3 Å². The normalized spacial score (nSPS) is 24.1. The van der Waals surface area contributed by atoms with Crippen LogP contribution in [0, 0.1) is 5.41 Å². The molecule has 1 saturated carbocycles. The van der Waals surface area contributed by atoms with E-state index in [1.165, 1.54) is 50.0 Å². The molecule has 1 aliphatic heterocycles. The predicted molar refractivity (Wildman–Crippen MR) is 89.6 cm³/mol. The van der Waals surface area contributed by atoms with Crippen LogP contribution >= 0.6 is 0 Å². The monoisotopic (exact) mass is 292 g/mol. The van der Waals surface area contributed by atoms with Gasteiger partial charge in [-0.2, -0.15) is 0 Å². The van der Waals surface area contributed by atoms with Crippen molar-refractivity contribution in [1.29, 1.82) is 0 Å². The van der Waals surface area contributed by atoms with Gasteiger partial charge in [-0.25, -0.2) is 0 Å². The molecule has 0 bridgehead atoms. The first-order valence-electron chi connectivity index (χ1n) is 8.53. The number of likely N-dealkylation sites (tertiary alicyclic amines) is 1. The summed E-state index contributed by atoms with van der Waals surface area (Å²) in [5.41, 5.74) is 3.24. The van der Waals surface area contributed by atoms with Crippen molar-refractivity contribution in [2.45, 2.75) is 38.1 Å². The van der Waals surface area contributed by atoms with Crippen LogP contribution in [0.4, 0.5) is 0 Å². The summed E-state index contributed by atoms with van der Waals surface area (Å²) >= 11 is 0. The van der Waals surface area contributed by atoms with Gasteiger partial charge in [0.05, 0.1) is 5.69 Å². The first-order chi connectivity index (χ1) is 10.9. The molecule has 1 aromatic carbocycles. The predicted octanol–water partition coefficient (Wildman–Crippen LogP) is 4.24. The number of nitrogens with zero attached hydrogens (tertiary/aromatic N) is 2. The molecular formula is C20H24N2. The Labute approximate surface area is 133 Å². The second-order valence-corrected chi connectivity index (χ2v) is 7.02. The lowest BCUT2D eigenvalue weighted by Crippen LogP contribution is -2.26. The number of benzene rings is 1. The Morgan fingerprint density at radius 3 is 2.50 bits per heavy atom. The van der Waals surface area contributed by atoms with E-state index in [4.69, 9.17) is 0 Å². The Morgan fingerprint density at radius 1 is 1.00 bits per heavy atom. The van der Waals surface area contributed by atoms with Crippen molar-refractivity contribution >= 4 is 0 Å². The molecule has 22 heavy (non-hydrogen) atoms. The summed E-state index contributed by atoms with van der Waals surface area (Å²) in [5.74, 6) is 0.694. The topological polar surface area (TPSA) is 16.1 Å². The van der Waals surface area contributed by atoms with E-state index in [1.807, 2.05) is 12.3 Å². The molecule has 2 heterocycles. The first-order valence-corrected chi connectivity index (χ1v) is 8.53. The fourth-order valence-corrected chi connectivity index (χ4v) is 4.64. The fourth-order valence-electron chi connectivity index (χ4n) is 4.64. The minimum atomic E-state index is 0.510. The summed E-state index contributed by atoms with van der Waals surface area (Å²) in [4.78, 5) is 7.14. The molecule has 114 valence electrons. The molecule has 1 saturated heterocycles. The van der Waals surface area contributed by atoms with Crippen LogP contribution in [0.5, 0.6) is 0 Å². The molecule has 1 atom stereocenters. The Hall–Kier alpha value is -1.67. The highest BCUT2D eigenvalue weighted by atomic mass is 15.2. The van der Waals surface area contributed by atoms with Crippen LogP contribution in [0.25, 0.3) is 0 Å². The maximum atomic E-state index is 4.51. The maximum absolute atomic E-state index is 4.51. The highest BCUT2D eigenvalue weighted by molar-refractivity contribution is 5.26. The Bertz CT molecular complexity index is 602. The largest absolute Gasteiger partial charge is 0.296 e. The number of hydrogen-bond donors (Lipinski definition) is 0. The van der Waals surface area contributed by atoms with Gasteiger partial charge in [0.2, 0.25) is 0 Å². The van der Waals surface area contributed by atoms with Crippen LogP contribution < -0.4 is 0 Å². The summed E-state index contributed by atoms with van der Waals surface area (Å²) in [6.45, 7) is 3.41. The molecule has 2 aliphatic rings. The highest BCUT2D eigenvalue weighted by Crippen LogP contribution is 2.53. The van der Waals surface area contributed by atoms with Crippen molar-refractivity contribution in [3.63, 3.8) is 0 Å². The van der Waals surface area contributed by atoms with E-state index < -0.39 is 0 Å². The van der Waals surface area contributed by atoms with Crippen molar-refractivity contribution in [3.05, 3.63) is 66.0 Å². The Balaban J connectivity index is 1.58. The number of rotatable bonds is 3. The van der Waals surface area contributed by atoms with Gasteiger partial charge >= 0.3 is 0 Å². The summed E-state index contributed by atoms with van der Waals surface area (Å²) in [5, 5.41) is 0. The van der Waals surface area contributed by atoms with E-state index >= 15 is 0 Å². The molecule has 0 unspecified atom stereocenters. The third-order valence-corrected chi connectivity index (χ3v) is 5.63. The minimum absolute atomic E-state index is 0.510. The lowest BCUT2D eigenvalue weighted by atomic mass is 9.73. The Morgan fingerprint density at radius 2 is 1.77 bits per heavy atom. The highest BCUT2D eigenvalue weighted by Gasteiger charge is 2.48. The molecule has 0 N–H and O–H groups in total. The van der Waals surface area contributed by atoms with Crippen molar-refractivity contribution in [1.82, 2.24) is 9.88 Å². The lowest BCUT2D eigenvalue weighted by Gasteiger charge is -2.30. The average molecular weight is 292 g/mol. The minimum Gasteiger partial charge on any atom is -0.296 e. The third kappa shape index (κ3) is 2.56. The zero-order valence-corrected chi connectivity index (χ0v) is 13.1. The van der Waals surface area contributed by atoms with Gasteiger partial charge in [-0.3, -0.25) is 9.88 Å². The van der Waals surface area contributed by atoms with Gasteiger partial charge in [0, 0.05) is 31.7 Å². The van der Waals surface area contributed by atoms with E-state index in [0.29, 0.717) is 11.3 Å². The summed E-state index contributed by atoms with van der Waals surface area (Å²) in [6.07, 6.45) is 7.50. The second kappa shape index (κ2) is 5.85. The van der Waals surface area contributed by atoms with Crippen LogP contribution in [0.3, 0.4) is 0 Å². The number of hydrogen-bond acceptors (Lipinski definition) is 2. The zero-order chi connectivity index (χ0) is 14.8. The van der Waals surface area contributed by atoms with Gasteiger partial charge in [-0.1, -0.05) is 49.2 Å². The quantitative estimate of drug-likeness (QED) is 0.841. The van der Waals surface area contributed by atoms with Crippen molar-refractivity contribution in [2.24, 2.45) is 5.41 Å². The van der Waals surface area contributed by atoms with Gasteiger partial charge in [-0.15, -0.1) is 0 Å². The van der Waals surface area contributed by atoms with Crippen molar-refractivity contribution in [3.8, 4) is 0 Å². The smallest absolute Gasteiger partial charge is 0.0543 e. The van der Waals surface area contributed by atoms with Gasteiger partial charge in [0.15, 0.2) is 0 Å². The summed E-state index contributed by atoms with van der Waals surface area (Å²) in [6, 6.07) is 17.4. The molecular weight excluding hydrogens is 268 g/mol.